The zero-order chi connectivity index (χ0) is 19.2. The number of ether oxygens (including phenoxy) is 1. The topological polar surface area (TPSA) is 54.1 Å². The average molecular weight is 381 g/mol. The maximum absolute atomic E-state index is 11.6. The van der Waals surface area contributed by atoms with E-state index in [1.54, 1.807) is 12.3 Å². The highest BCUT2D eigenvalue weighted by atomic mass is 35.5. The first-order valence-electron chi connectivity index (χ1n) is 9.81. The van der Waals surface area contributed by atoms with E-state index < -0.39 is 0 Å². The monoisotopic (exact) mass is 380 g/mol. The summed E-state index contributed by atoms with van der Waals surface area (Å²) in [5.41, 5.74) is 0.771. The number of nitrogens with one attached hydrogen (secondary N) is 2. The number of hydrogen-bond donors (Lipinski definition) is 2. The minimum Gasteiger partial charge on any atom is -0.495 e. The van der Waals surface area contributed by atoms with Gasteiger partial charge in [0.15, 0.2) is 0 Å². The third kappa shape index (κ3) is 5.62. The van der Waals surface area contributed by atoms with Crippen molar-refractivity contribution in [2.24, 2.45) is 11.3 Å². The fourth-order valence-electron chi connectivity index (χ4n) is 3.91. The molecule has 1 aliphatic rings. The molecule has 1 aromatic heterocycles. The van der Waals surface area contributed by atoms with Crippen LogP contribution in [0.4, 0.5) is 0 Å². The van der Waals surface area contributed by atoms with Crippen LogP contribution in [0.1, 0.15) is 58.9 Å². The molecule has 0 amide bonds. The summed E-state index contributed by atoms with van der Waals surface area (Å²) in [6.45, 7) is 10.7. The highest BCUT2D eigenvalue weighted by Crippen LogP contribution is 2.42. The van der Waals surface area contributed by atoms with Crippen molar-refractivity contribution in [3.05, 3.63) is 45.0 Å². The summed E-state index contributed by atoms with van der Waals surface area (Å²) in [6.07, 6.45) is 9.08. The van der Waals surface area contributed by atoms with Gasteiger partial charge in [-0.05, 0) is 75.7 Å². The van der Waals surface area contributed by atoms with Gasteiger partial charge < -0.3 is 15.0 Å². The van der Waals surface area contributed by atoms with Crippen molar-refractivity contribution in [1.29, 1.82) is 0 Å². The third-order valence-electron chi connectivity index (χ3n) is 5.06. The van der Waals surface area contributed by atoms with Gasteiger partial charge in [-0.2, -0.15) is 0 Å². The molecule has 1 atom stereocenters. The standard InChI is InChI=1S/C21H33ClN2O2/c1-5-6-19(26-16(4)11-15(2)3)21(7-9-23-10-8-21)13-17-12-18(22)20(25)24-14-17/h6,12,14-16,23H,5,7-11,13H2,1-4H3,(H,24,25)/b19-6+. The Hall–Kier alpha value is -1.26. The molecule has 5 heteroatoms. The largest absolute Gasteiger partial charge is 0.495 e. The van der Waals surface area contributed by atoms with Crippen LogP contribution in [0.2, 0.25) is 5.02 Å². The number of aromatic nitrogens is 1. The molecule has 2 rings (SSSR count). The fourth-order valence-corrected chi connectivity index (χ4v) is 4.10. The van der Waals surface area contributed by atoms with Crippen LogP contribution >= 0.6 is 11.6 Å². The van der Waals surface area contributed by atoms with Gasteiger partial charge in [0.2, 0.25) is 0 Å². The lowest BCUT2D eigenvalue weighted by atomic mass is 9.72. The van der Waals surface area contributed by atoms with Gasteiger partial charge in [0.25, 0.3) is 5.56 Å². The molecule has 1 aliphatic heterocycles. The number of allylic oxidation sites excluding steroid dienone is 2. The zero-order valence-corrected chi connectivity index (χ0v) is 17.3. The van der Waals surface area contributed by atoms with Gasteiger partial charge in [-0.25, -0.2) is 0 Å². The van der Waals surface area contributed by atoms with Crippen LogP contribution in [0, 0.1) is 11.3 Å². The first-order valence-corrected chi connectivity index (χ1v) is 10.2. The van der Waals surface area contributed by atoms with Crippen molar-refractivity contribution in [3.63, 3.8) is 0 Å². The van der Waals surface area contributed by atoms with E-state index in [-0.39, 0.29) is 22.1 Å². The van der Waals surface area contributed by atoms with Crippen molar-refractivity contribution in [3.8, 4) is 0 Å². The van der Waals surface area contributed by atoms with E-state index in [0.717, 1.165) is 56.5 Å². The Bertz CT molecular complexity index is 660. The second-order valence-corrected chi connectivity index (χ2v) is 8.33. The molecule has 2 N–H and O–H groups in total. The van der Waals surface area contributed by atoms with Crippen LogP contribution in [0.5, 0.6) is 0 Å². The van der Waals surface area contributed by atoms with E-state index >= 15 is 0 Å². The molecule has 1 fully saturated rings. The van der Waals surface area contributed by atoms with Crippen LogP contribution in [0.3, 0.4) is 0 Å². The van der Waals surface area contributed by atoms with Crippen molar-refractivity contribution >= 4 is 11.6 Å². The fraction of sp³-hybridized carbons (Fsp3) is 0.667. The van der Waals surface area contributed by atoms with E-state index in [0.29, 0.717) is 5.92 Å². The molecule has 0 spiro atoms. The van der Waals surface area contributed by atoms with E-state index in [1.807, 2.05) is 0 Å². The Kier molecular flexibility index (Phi) is 7.78. The number of piperidine rings is 1. The van der Waals surface area contributed by atoms with Crippen molar-refractivity contribution in [2.45, 2.75) is 65.9 Å². The van der Waals surface area contributed by atoms with Gasteiger partial charge >= 0.3 is 0 Å². The number of aromatic amines is 1. The van der Waals surface area contributed by atoms with E-state index in [2.05, 4.69) is 44.1 Å². The minimum absolute atomic E-state index is 0.0476. The van der Waals surface area contributed by atoms with Crippen LogP contribution in [0.15, 0.2) is 28.9 Å². The Morgan fingerprint density at radius 1 is 1.35 bits per heavy atom. The normalized spacial score (nSPS) is 18.8. The Labute approximate surface area is 162 Å². The lowest BCUT2D eigenvalue weighted by Crippen LogP contribution is -2.41. The second-order valence-electron chi connectivity index (χ2n) is 7.93. The van der Waals surface area contributed by atoms with Gasteiger partial charge in [-0.1, -0.05) is 32.4 Å². The number of halogens is 1. The molecule has 0 aliphatic carbocycles. The zero-order valence-electron chi connectivity index (χ0n) is 16.5. The Morgan fingerprint density at radius 2 is 2.04 bits per heavy atom. The lowest BCUT2D eigenvalue weighted by molar-refractivity contribution is 0.0434. The van der Waals surface area contributed by atoms with Crippen LogP contribution in [0.25, 0.3) is 0 Å². The molecule has 2 heterocycles. The lowest BCUT2D eigenvalue weighted by Gasteiger charge is -2.40. The molecular weight excluding hydrogens is 348 g/mol. The van der Waals surface area contributed by atoms with Crippen LogP contribution in [-0.4, -0.2) is 24.2 Å². The van der Waals surface area contributed by atoms with E-state index in [9.17, 15) is 4.79 Å². The van der Waals surface area contributed by atoms with Crippen molar-refractivity contribution < 1.29 is 4.74 Å². The number of rotatable bonds is 8. The number of H-pyrrole nitrogens is 1. The summed E-state index contributed by atoms with van der Waals surface area (Å²) in [6, 6.07) is 1.80. The highest BCUT2D eigenvalue weighted by Gasteiger charge is 2.38. The summed E-state index contributed by atoms with van der Waals surface area (Å²) >= 11 is 6.06. The molecule has 1 aromatic rings. The van der Waals surface area contributed by atoms with Gasteiger partial charge in [0.1, 0.15) is 5.02 Å². The third-order valence-corrected chi connectivity index (χ3v) is 5.35. The summed E-state index contributed by atoms with van der Waals surface area (Å²) in [4.78, 5) is 14.3. The Morgan fingerprint density at radius 3 is 2.62 bits per heavy atom. The first-order chi connectivity index (χ1) is 12.4. The molecule has 0 bridgehead atoms. The van der Waals surface area contributed by atoms with Gasteiger partial charge in [-0.3, -0.25) is 4.79 Å². The van der Waals surface area contributed by atoms with Crippen molar-refractivity contribution in [2.75, 3.05) is 13.1 Å². The summed E-state index contributed by atoms with van der Waals surface area (Å²) in [5.74, 6) is 1.71. The predicted molar refractivity (Wildman–Crippen MR) is 109 cm³/mol. The molecule has 146 valence electrons. The van der Waals surface area contributed by atoms with E-state index in [4.69, 9.17) is 16.3 Å². The smallest absolute Gasteiger partial charge is 0.266 e. The Balaban J connectivity index is 2.30. The molecule has 0 saturated carbocycles. The van der Waals surface area contributed by atoms with Gasteiger partial charge in [0, 0.05) is 11.6 Å². The molecule has 0 aromatic carbocycles. The summed E-state index contributed by atoms with van der Waals surface area (Å²) in [7, 11) is 0. The molecule has 1 unspecified atom stereocenters. The second kappa shape index (κ2) is 9.61. The summed E-state index contributed by atoms with van der Waals surface area (Å²) < 4.78 is 6.50. The molecular formula is C21H33ClN2O2. The summed E-state index contributed by atoms with van der Waals surface area (Å²) in [5, 5.41) is 3.71. The predicted octanol–water partition coefficient (Wildman–Crippen LogP) is 4.69. The van der Waals surface area contributed by atoms with E-state index in [1.165, 1.54) is 0 Å². The molecule has 26 heavy (non-hydrogen) atoms. The minimum atomic E-state index is -0.235. The maximum atomic E-state index is 11.6. The number of pyridine rings is 1. The number of hydrogen-bond acceptors (Lipinski definition) is 3. The first kappa shape index (κ1) is 21.0. The molecule has 0 radical (unpaired) electrons. The average Bonchev–Trinajstić information content (AvgIpc) is 2.58. The molecule has 1 saturated heterocycles. The maximum Gasteiger partial charge on any atom is 0.266 e. The van der Waals surface area contributed by atoms with Gasteiger partial charge in [-0.15, -0.1) is 0 Å². The van der Waals surface area contributed by atoms with Gasteiger partial charge in [0.05, 0.1) is 11.9 Å². The van der Waals surface area contributed by atoms with Crippen LogP contribution < -0.4 is 10.9 Å². The van der Waals surface area contributed by atoms with Crippen molar-refractivity contribution in [1.82, 2.24) is 10.3 Å². The van der Waals surface area contributed by atoms with Crippen LogP contribution in [-0.2, 0) is 11.2 Å². The molecule has 4 nitrogen and oxygen atoms in total. The quantitative estimate of drug-likeness (QED) is 0.643. The SMILES string of the molecule is CC/C=C(/OC(C)CC(C)C)C1(Cc2c[nH]c(=O)c(Cl)c2)CCNCC1. The highest BCUT2D eigenvalue weighted by molar-refractivity contribution is 6.30.